The van der Waals surface area contributed by atoms with Crippen LogP contribution < -0.4 is 5.32 Å². The zero-order valence-corrected chi connectivity index (χ0v) is 11.6. The Morgan fingerprint density at radius 2 is 2.00 bits per heavy atom. The molecule has 0 radical (unpaired) electrons. The summed E-state index contributed by atoms with van der Waals surface area (Å²) in [6.07, 6.45) is 6.52. The van der Waals surface area contributed by atoms with Crippen molar-refractivity contribution < 1.29 is 4.79 Å². The minimum Gasteiger partial charge on any atom is -0.356 e. The first-order valence-corrected chi connectivity index (χ1v) is 7.41. The molecule has 0 atom stereocenters. The van der Waals surface area contributed by atoms with Gasteiger partial charge >= 0.3 is 0 Å². The monoisotopic (exact) mass is 263 g/mol. The third kappa shape index (κ3) is 3.77. The maximum absolute atomic E-state index is 11.3. The number of fused-ring (bicyclic) bond motifs is 1. The summed E-state index contributed by atoms with van der Waals surface area (Å²) in [5.41, 5.74) is 4.37. The van der Waals surface area contributed by atoms with Crippen molar-refractivity contribution >= 4 is 18.5 Å². The van der Waals surface area contributed by atoms with E-state index in [-0.39, 0.29) is 5.91 Å². The molecule has 2 rings (SSSR count). The lowest BCUT2D eigenvalue weighted by Crippen LogP contribution is -2.25. The van der Waals surface area contributed by atoms with Gasteiger partial charge in [0.1, 0.15) is 0 Å². The first-order chi connectivity index (χ1) is 8.79. The molecule has 0 unspecified atom stereocenters. The Bertz CT molecular complexity index is 417. The quantitative estimate of drug-likeness (QED) is 0.785. The van der Waals surface area contributed by atoms with E-state index in [1.54, 1.807) is 0 Å². The molecule has 0 saturated heterocycles. The number of benzene rings is 1. The Kier molecular flexibility index (Phi) is 5.12. The number of thiol groups is 1. The minimum absolute atomic E-state index is 0.1000. The van der Waals surface area contributed by atoms with Crippen LogP contribution in [0, 0.1) is 0 Å². The number of carbonyl (C=O) groups excluding carboxylic acids is 1. The van der Waals surface area contributed by atoms with Crippen LogP contribution in [0.3, 0.4) is 0 Å². The van der Waals surface area contributed by atoms with Gasteiger partial charge in [-0.25, -0.2) is 0 Å². The second kappa shape index (κ2) is 6.83. The molecular formula is C15H21NOS. The highest BCUT2D eigenvalue weighted by atomic mass is 32.1. The lowest BCUT2D eigenvalue weighted by molar-refractivity contribution is -0.120. The van der Waals surface area contributed by atoms with Crippen LogP contribution in [0.5, 0.6) is 0 Å². The third-order valence-corrected chi connectivity index (χ3v) is 3.71. The molecule has 1 aliphatic carbocycles. The topological polar surface area (TPSA) is 29.1 Å². The second-order valence-electron chi connectivity index (χ2n) is 4.88. The van der Waals surface area contributed by atoms with Crippen LogP contribution in [-0.4, -0.2) is 18.2 Å². The summed E-state index contributed by atoms with van der Waals surface area (Å²) in [6, 6.07) is 6.79. The Labute approximate surface area is 115 Å². The van der Waals surface area contributed by atoms with E-state index < -0.39 is 0 Å². The standard InChI is InChI=1S/C15H21NOS/c17-15(8-10-18)16-9-7-12-5-6-13-3-1-2-4-14(13)11-12/h5-6,11,18H,1-4,7-10H2,(H,16,17). The number of carbonyl (C=O) groups is 1. The van der Waals surface area contributed by atoms with E-state index >= 15 is 0 Å². The molecule has 0 saturated carbocycles. The van der Waals surface area contributed by atoms with Crippen molar-refractivity contribution in [1.82, 2.24) is 5.32 Å². The van der Waals surface area contributed by atoms with Crippen LogP contribution in [0.1, 0.15) is 36.0 Å². The molecule has 2 nitrogen and oxygen atoms in total. The zero-order valence-electron chi connectivity index (χ0n) is 10.7. The van der Waals surface area contributed by atoms with E-state index in [1.165, 1.54) is 42.4 Å². The summed E-state index contributed by atoms with van der Waals surface area (Å²) in [6.45, 7) is 0.728. The fourth-order valence-electron chi connectivity index (χ4n) is 2.48. The van der Waals surface area contributed by atoms with Crippen LogP contribution in [-0.2, 0) is 24.1 Å². The fourth-order valence-corrected chi connectivity index (χ4v) is 2.68. The van der Waals surface area contributed by atoms with Gasteiger partial charge in [-0.2, -0.15) is 12.6 Å². The van der Waals surface area contributed by atoms with Crippen LogP contribution in [0.4, 0.5) is 0 Å². The minimum atomic E-state index is 0.1000. The molecule has 1 aromatic carbocycles. The van der Waals surface area contributed by atoms with Gasteiger partial charge in [-0.3, -0.25) is 4.79 Å². The number of amides is 1. The molecule has 3 heteroatoms. The van der Waals surface area contributed by atoms with Gasteiger partial charge in [-0.1, -0.05) is 18.2 Å². The fraction of sp³-hybridized carbons (Fsp3) is 0.533. The molecule has 0 heterocycles. The normalized spacial score (nSPS) is 14.1. The summed E-state index contributed by atoms with van der Waals surface area (Å²) >= 11 is 4.05. The molecule has 1 amide bonds. The summed E-state index contributed by atoms with van der Waals surface area (Å²) in [7, 11) is 0. The van der Waals surface area contributed by atoms with Crippen molar-refractivity contribution in [2.24, 2.45) is 0 Å². The highest BCUT2D eigenvalue weighted by Crippen LogP contribution is 2.22. The molecule has 0 spiro atoms. The van der Waals surface area contributed by atoms with Crippen LogP contribution >= 0.6 is 12.6 Å². The zero-order chi connectivity index (χ0) is 12.8. The van der Waals surface area contributed by atoms with Gasteiger partial charge in [-0.05, 0) is 54.5 Å². The summed E-state index contributed by atoms with van der Waals surface area (Å²) in [5, 5.41) is 2.92. The first kappa shape index (κ1) is 13.5. The van der Waals surface area contributed by atoms with Crippen molar-refractivity contribution in [1.29, 1.82) is 0 Å². The number of nitrogens with one attached hydrogen (secondary N) is 1. The summed E-state index contributed by atoms with van der Waals surface area (Å²) in [4.78, 5) is 11.3. The molecule has 1 N–H and O–H groups in total. The third-order valence-electron chi connectivity index (χ3n) is 3.49. The number of hydrogen-bond donors (Lipinski definition) is 2. The number of rotatable bonds is 5. The summed E-state index contributed by atoms with van der Waals surface area (Å²) in [5.74, 6) is 0.716. The van der Waals surface area contributed by atoms with Crippen molar-refractivity contribution in [3.8, 4) is 0 Å². The molecule has 1 aromatic rings. The Morgan fingerprint density at radius 1 is 1.22 bits per heavy atom. The predicted octanol–water partition coefficient (Wildman–Crippen LogP) is 2.54. The Hall–Kier alpha value is -0.960. The molecule has 98 valence electrons. The van der Waals surface area contributed by atoms with Gasteiger partial charge < -0.3 is 5.32 Å². The van der Waals surface area contributed by atoms with Crippen molar-refractivity contribution in [3.05, 3.63) is 34.9 Å². The molecule has 0 aromatic heterocycles. The Balaban J connectivity index is 1.84. The number of hydrogen-bond acceptors (Lipinski definition) is 2. The molecule has 0 aliphatic heterocycles. The summed E-state index contributed by atoms with van der Waals surface area (Å²) < 4.78 is 0. The van der Waals surface area contributed by atoms with Crippen LogP contribution in [0.25, 0.3) is 0 Å². The van der Waals surface area contributed by atoms with Gasteiger partial charge in [0, 0.05) is 13.0 Å². The second-order valence-corrected chi connectivity index (χ2v) is 5.33. The Morgan fingerprint density at radius 3 is 2.78 bits per heavy atom. The van der Waals surface area contributed by atoms with Crippen molar-refractivity contribution in [2.75, 3.05) is 12.3 Å². The maximum atomic E-state index is 11.3. The largest absolute Gasteiger partial charge is 0.356 e. The lowest BCUT2D eigenvalue weighted by Gasteiger charge is -2.16. The molecule has 1 aliphatic rings. The first-order valence-electron chi connectivity index (χ1n) is 6.78. The predicted molar refractivity (Wildman–Crippen MR) is 78.3 cm³/mol. The van der Waals surface area contributed by atoms with Crippen molar-refractivity contribution in [3.63, 3.8) is 0 Å². The molecule has 0 fully saturated rings. The molecule has 0 bridgehead atoms. The smallest absolute Gasteiger partial charge is 0.220 e. The SMILES string of the molecule is O=C(CCS)NCCc1ccc2c(c1)CCCC2. The van der Waals surface area contributed by atoms with Gasteiger partial charge in [0.15, 0.2) is 0 Å². The van der Waals surface area contributed by atoms with E-state index in [2.05, 4.69) is 36.1 Å². The maximum Gasteiger partial charge on any atom is 0.220 e. The number of aryl methyl sites for hydroxylation is 2. The average Bonchev–Trinajstić information content (AvgIpc) is 2.39. The molecule has 18 heavy (non-hydrogen) atoms. The van der Waals surface area contributed by atoms with E-state index in [4.69, 9.17) is 0 Å². The van der Waals surface area contributed by atoms with Gasteiger partial charge in [-0.15, -0.1) is 0 Å². The van der Waals surface area contributed by atoms with Gasteiger partial charge in [0.2, 0.25) is 5.91 Å². The van der Waals surface area contributed by atoms with Crippen LogP contribution in [0.15, 0.2) is 18.2 Å². The van der Waals surface area contributed by atoms with E-state index in [1.807, 2.05) is 0 Å². The van der Waals surface area contributed by atoms with Gasteiger partial charge in [0.25, 0.3) is 0 Å². The lowest BCUT2D eigenvalue weighted by atomic mass is 9.90. The van der Waals surface area contributed by atoms with Crippen molar-refractivity contribution in [2.45, 2.75) is 38.5 Å². The van der Waals surface area contributed by atoms with Gasteiger partial charge in [0.05, 0.1) is 0 Å². The van der Waals surface area contributed by atoms with Crippen LogP contribution in [0.2, 0.25) is 0 Å². The van der Waals surface area contributed by atoms with E-state index in [0.29, 0.717) is 12.2 Å². The highest BCUT2D eigenvalue weighted by Gasteiger charge is 2.09. The average molecular weight is 263 g/mol. The highest BCUT2D eigenvalue weighted by molar-refractivity contribution is 7.80. The molecular weight excluding hydrogens is 242 g/mol. The van der Waals surface area contributed by atoms with E-state index in [9.17, 15) is 4.79 Å². The van der Waals surface area contributed by atoms with E-state index in [0.717, 1.165) is 13.0 Å².